The smallest absolute Gasteiger partial charge is 0.161 e. The number of aryl methyl sites for hydroxylation is 1. The van der Waals surface area contributed by atoms with Crippen molar-refractivity contribution in [2.45, 2.75) is 25.7 Å². The van der Waals surface area contributed by atoms with E-state index in [9.17, 15) is 13.2 Å². The predicted molar refractivity (Wildman–Crippen MR) is 65.1 cm³/mol. The summed E-state index contributed by atoms with van der Waals surface area (Å²) < 4.78 is 41.0. The number of aromatic nitrogens is 2. The van der Waals surface area contributed by atoms with Gasteiger partial charge in [0.2, 0.25) is 0 Å². The van der Waals surface area contributed by atoms with Gasteiger partial charge in [-0.1, -0.05) is 11.6 Å². The maximum Gasteiger partial charge on any atom is 0.161 e. The largest absolute Gasteiger partial charge is 0.219 e. The van der Waals surface area contributed by atoms with Gasteiger partial charge < -0.3 is 0 Å². The molecule has 19 heavy (non-hydrogen) atoms. The first-order chi connectivity index (χ1) is 9.08. The summed E-state index contributed by atoms with van der Waals surface area (Å²) >= 11 is 6.16. The maximum absolute atomic E-state index is 13.7. The van der Waals surface area contributed by atoms with Crippen LogP contribution in [0.3, 0.4) is 0 Å². The fourth-order valence-corrected chi connectivity index (χ4v) is 2.68. The first kappa shape index (κ1) is 12.5. The number of halogens is 4. The molecule has 0 N–H and O–H groups in total. The molecule has 0 saturated heterocycles. The van der Waals surface area contributed by atoms with E-state index in [1.165, 1.54) is 0 Å². The molecule has 1 aliphatic rings. The summed E-state index contributed by atoms with van der Waals surface area (Å²) in [5.41, 5.74) is 1.51. The summed E-state index contributed by atoms with van der Waals surface area (Å²) in [7, 11) is 0. The molecule has 100 valence electrons. The molecule has 2 aromatic rings. The molecule has 6 heteroatoms. The first-order valence-corrected chi connectivity index (χ1v) is 6.37. The minimum absolute atomic E-state index is 0.168. The molecule has 0 saturated carbocycles. The minimum Gasteiger partial charge on any atom is -0.219 e. The van der Waals surface area contributed by atoms with Crippen molar-refractivity contribution in [3.63, 3.8) is 0 Å². The van der Waals surface area contributed by atoms with Crippen molar-refractivity contribution in [2.24, 2.45) is 0 Å². The predicted octanol–water partition coefficient (Wildman–Crippen LogP) is 3.82. The van der Waals surface area contributed by atoms with Gasteiger partial charge in [0.05, 0.1) is 5.69 Å². The molecule has 1 aromatic heterocycles. The Balaban J connectivity index is 2.17. The third kappa shape index (κ3) is 2.02. The van der Waals surface area contributed by atoms with Crippen LogP contribution in [0.15, 0.2) is 12.1 Å². The molecule has 0 radical (unpaired) electrons. The number of nitrogens with zero attached hydrogens (tertiary/aromatic N) is 2. The van der Waals surface area contributed by atoms with Crippen LogP contribution in [0.1, 0.15) is 24.1 Å². The van der Waals surface area contributed by atoms with Crippen molar-refractivity contribution in [2.75, 3.05) is 0 Å². The molecule has 2 nitrogen and oxygen atoms in total. The van der Waals surface area contributed by atoms with Gasteiger partial charge in [0, 0.05) is 17.7 Å². The van der Waals surface area contributed by atoms with Crippen molar-refractivity contribution < 1.29 is 13.2 Å². The number of fused-ring (bicyclic) bond motifs is 1. The van der Waals surface area contributed by atoms with E-state index >= 15 is 0 Å². The van der Waals surface area contributed by atoms with Gasteiger partial charge >= 0.3 is 0 Å². The lowest BCUT2D eigenvalue weighted by Gasteiger charge is -2.08. The Labute approximate surface area is 112 Å². The highest BCUT2D eigenvalue weighted by atomic mass is 35.5. The van der Waals surface area contributed by atoms with Crippen molar-refractivity contribution in [1.82, 2.24) is 9.78 Å². The van der Waals surface area contributed by atoms with Crippen LogP contribution in [-0.2, 0) is 12.8 Å². The molecule has 1 aromatic carbocycles. The summed E-state index contributed by atoms with van der Waals surface area (Å²) in [4.78, 5) is 0. The summed E-state index contributed by atoms with van der Waals surface area (Å²) in [5.74, 6) is -3.24. The van der Waals surface area contributed by atoms with Crippen LogP contribution in [0.5, 0.6) is 0 Å². The Bertz CT molecular complexity index is 652. The average molecular weight is 287 g/mol. The summed E-state index contributed by atoms with van der Waals surface area (Å²) in [6.07, 6.45) is 3.55. The first-order valence-electron chi connectivity index (χ1n) is 5.99. The van der Waals surface area contributed by atoms with Gasteiger partial charge in [0.15, 0.2) is 17.5 Å². The van der Waals surface area contributed by atoms with Crippen LogP contribution < -0.4 is 0 Å². The van der Waals surface area contributed by atoms with Gasteiger partial charge in [-0.3, -0.25) is 0 Å². The van der Waals surface area contributed by atoms with E-state index < -0.39 is 17.5 Å². The van der Waals surface area contributed by atoms with Crippen LogP contribution in [0.4, 0.5) is 13.2 Å². The van der Waals surface area contributed by atoms with Crippen molar-refractivity contribution in [3.05, 3.63) is 46.0 Å². The second-order valence-corrected chi connectivity index (χ2v) is 4.91. The monoisotopic (exact) mass is 286 g/mol. The maximum atomic E-state index is 13.7. The van der Waals surface area contributed by atoms with Crippen LogP contribution >= 0.6 is 11.6 Å². The molecule has 0 spiro atoms. The molecular weight excluding hydrogens is 277 g/mol. The fourth-order valence-electron chi connectivity index (χ4n) is 2.35. The molecule has 0 bridgehead atoms. The number of benzene rings is 1. The highest BCUT2D eigenvalue weighted by molar-refractivity contribution is 6.30. The zero-order valence-corrected chi connectivity index (χ0v) is 10.6. The van der Waals surface area contributed by atoms with Gasteiger partial charge in [-0.05, 0) is 25.7 Å². The standard InChI is InChI=1S/C13H10ClF3N2/c14-13-7-3-1-2-4-11(7)18-19(13)12-6-9(16)8(15)5-10(12)17/h5-6H,1-4H2. The van der Waals surface area contributed by atoms with Crippen LogP contribution in [-0.4, -0.2) is 9.78 Å². The third-order valence-corrected chi connectivity index (χ3v) is 3.70. The summed E-state index contributed by atoms with van der Waals surface area (Å²) in [5, 5.41) is 4.49. The zero-order valence-electron chi connectivity index (χ0n) is 9.89. The summed E-state index contributed by atoms with van der Waals surface area (Å²) in [6, 6.07) is 1.27. The highest BCUT2D eigenvalue weighted by Gasteiger charge is 2.22. The Morgan fingerprint density at radius 1 is 1.00 bits per heavy atom. The Kier molecular flexibility index (Phi) is 3.01. The molecular formula is C13H10ClF3N2. The molecule has 3 rings (SSSR count). The topological polar surface area (TPSA) is 17.8 Å². The number of rotatable bonds is 1. The van der Waals surface area contributed by atoms with Gasteiger partial charge in [0.25, 0.3) is 0 Å². The second-order valence-electron chi connectivity index (χ2n) is 4.55. The van der Waals surface area contributed by atoms with Crippen molar-refractivity contribution in [3.8, 4) is 5.69 Å². The Morgan fingerprint density at radius 2 is 1.68 bits per heavy atom. The van der Waals surface area contributed by atoms with E-state index in [2.05, 4.69) is 5.10 Å². The average Bonchev–Trinajstić information content (AvgIpc) is 2.72. The third-order valence-electron chi connectivity index (χ3n) is 3.31. The molecule has 1 aliphatic carbocycles. The van der Waals surface area contributed by atoms with Gasteiger partial charge in [0.1, 0.15) is 10.8 Å². The van der Waals surface area contributed by atoms with Crippen molar-refractivity contribution in [1.29, 1.82) is 0 Å². The lowest BCUT2D eigenvalue weighted by Crippen LogP contribution is -2.03. The second kappa shape index (κ2) is 4.56. The van der Waals surface area contributed by atoms with E-state index in [4.69, 9.17) is 11.6 Å². The summed E-state index contributed by atoms with van der Waals surface area (Å²) in [6.45, 7) is 0. The van der Waals surface area contributed by atoms with E-state index in [0.29, 0.717) is 6.07 Å². The van der Waals surface area contributed by atoms with Crippen LogP contribution in [0.2, 0.25) is 5.15 Å². The van der Waals surface area contributed by atoms with Crippen molar-refractivity contribution >= 4 is 11.6 Å². The zero-order chi connectivity index (χ0) is 13.6. The molecule has 0 fully saturated rings. The lowest BCUT2D eigenvalue weighted by molar-refractivity contribution is 0.491. The van der Waals surface area contributed by atoms with Gasteiger partial charge in [-0.15, -0.1) is 0 Å². The fraction of sp³-hybridized carbons (Fsp3) is 0.308. The van der Waals surface area contributed by atoms with E-state index in [0.717, 1.165) is 47.7 Å². The van der Waals surface area contributed by atoms with Gasteiger partial charge in [-0.25, -0.2) is 17.9 Å². The molecule has 0 unspecified atom stereocenters. The van der Waals surface area contributed by atoms with Gasteiger partial charge in [-0.2, -0.15) is 5.10 Å². The molecule has 0 atom stereocenters. The lowest BCUT2D eigenvalue weighted by atomic mass is 9.99. The van der Waals surface area contributed by atoms with Crippen LogP contribution in [0.25, 0.3) is 5.69 Å². The number of hydrogen-bond donors (Lipinski definition) is 0. The molecule has 1 heterocycles. The normalized spacial score (nSPS) is 14.5. The quantitative estimate of drug-likeness (QED) is 0.729. The van der Waals surface area contributed by atoms with E-state index in [1.54, 1.807) is 0 Å². The molecule has 0 amide bonds. The SMILES string of the molecule is Fc1cc(F)c(-n2nc3c(c2Cl)CCCC3)cc1F. The minimum atomic E-state index is -1.23. The highest BCUT2D eigenvalue weighted by Crippen LogP contribution is 2.30. The number of hydrogen-bond acceptors (Lipinski definition) is 1. The van der Waals surface area contributed by atoms with Crippen LogP contribution in [0, 0.1) is 17.5 Å². The Hall–Kier alpha value is -1.49. The molecule has 0 aliphatic heterocycles. The van der Waals surface area contributed by atoms with E-state index in [-0.39, 0.29) is 10.8 Å². The van der Waals surface area contributed by atoms with E-state index in [1.807, 2.05) is 0 Å². The Morgan fingerprint density at radius 3 is 2.42 bits per heavy atom.